The van der Waals surface area contributed by atoms with Crippen molar-refractivity contribution in [3.63, 3.8) is 0 Å². The molecule has 1 N–H and O–H groups in total. The first-order valence-corrected chi connectivity index (χ1v) is 12.4. The summed E-state index contributed by atoms with van der Waals surface area (Å²) in [4.78, 5) is 28.4. The van der Waals surface area contributed by atoms with Crippen LogP contribution in [-0.4, -0.2) is 56.0 Å². The van der Waals surface area contributed by atoms with Gasteiger partial charge in [-0.1, -0.05) is 42.5 Å². The molecule has 2 saturated heterocycles. The zero-order valence-electron chi connectivity index (χ0n) is 20.5. The molecule has 6 nitrogen and oxygen atoms in total. The Balaban J connectivity index is 0.00000289. The van der Waals surface area contributed by atoms with Gasteiger partial charge in [-0.15, -0.1) is 0 Å². The Morgan fingerprint density at radius 2 is 1.97 bits per heavy atom. The predicted octanol–water partition coefficient (Wildman–Crippen LogP) is 0.693. The maximum Gasteiger partial charge on any atom is 0.228 e. The van der Waals surface area contributed by atoms with Gasteiger partial charge in [0.1, 0.15) is 5.78 Å². The van der Waals surface area contributed by atoms with Crippen LogP contribution in [0.15, 0.2) is 48.5 Å². The zero-order chi connectivity index (χ0) is 23.7. The number of hydrogen-bond donors (Lipinski definition) is 1. The highest BCUT2D eigenvalue weighted by molar-refractivity contribution is 5.84. The average molecular weight is 498 g/mol. The molecule has 3 heterocycles. The van der Waals surface area contributed by atoms with Gasteiger partial charge in [0.25, 0.3) is 0 Å². The molecule has 5 rings (SSSR count). The molecule has 2 aromatic carbocycles. The van der Waals surface area contributed by atoms with E-state index in [1.807, 2.05) is 23.1 Å². The summed E-state index contributed by atoms with van der Waals surface area (Å²) in [6, 6.07) is 16.4. The van der Waals surface area contributed by atoms with Gasteiger partial charge in [-0.25, -0.2) is 0 Å². The lowest BCUT2D eigenvalue weighted by atomic mass is 9.68. The van der Waals surface area contributed by atoms with Crippen LogP contribution in [0, 0.1) is 5.92 Å². The largest absolute Gasteiger partial charge is 1.00 e. The van der Waals surface area contributed by atoms with E-state index in [0.717, 1.165) is 37.1 Å². The minimum Gasteiger partial charge on any atom is -1.00 e. The predicted molar refractivity (Wildman–Crippen MR) is 130 cm³/mol. The first-order chi connectivity index (χ1) is 16.5. The molecule has 3 aliphatic heterocycles. The Labute approximate surface area is 213 Å². The normalized spacial score (nSPS) is 27.5. The van der Waals surface area contributed by atoms with Crippen molar-refractivity contribution in [3.8, 4) is 11.5 Å². The van der Waals surface area contributed by atoms with E-state index < -0.39 is 0 Å². The fourth-order valence-corrected chi connectivity index (χ4v) is 6.41. The summed E-state index contributed by atoms with van der Waals surface area (Å²) >= 11 is 0. The van der Waals surface area contributed by atoms with Crippen LogP contribution in [0.2, 0.25) is 0 Å². The number of rotatable bonds is 5. The van der Waals surface area contributed by atoms with Crippen LogP contribution in [0.3, 0.4) is 0 Å². The number of Topliss-reactive ketones (excluding diaryl/α,β-unsaturated/α-hetero) is 1. The summed E-state index contributed by atoms with van der Waals surface area (Å²) in [5.41, 5.74) is 2.03. The quantitative estimate of drug-likeness (QED) is 0.658. The molecular weight excluding hydrogens is 464 g/mol. The molecule has 1 spiro atoms. The molecule has 0 radical (unpaired) electrons. The Bertz CT molecular complexity index is 1060. The van der Waals surface area contributed by atoms with Crippen molar-refractivity contribution in [2.24, 2.45) is 5.92 Å². The number of hydrogen-bond acceptors (Lipinski definition) is 5. The topological polar surface area (TPSA) is 67.9 Å². The molecule has 2 fully saturated rings. The standard InChI is InChI=1S/C28H34N2O4.ClH/c1-19(31)15-22-16-21(20-7-4-3-5-8-20)11-13-30(22)27(32)24-17-29-18-28(24)12-14-34-26-23(28)9-6-10-25(26)33-2;/h3-10,21-22,24,29H,11-18H2,1-2H3;1H/p-1/t21?,22?,24-,28-;/m0./s1. The van der Waals surface area contributed by atoms with Gasteiger partial charge in [-0.2, -0.15) is 0 Å². The number of ether oxygens (including phenoxy) is 2. The van der Waals surface area contributed by atoms with Crippen LogP contribution < -0.4 is 27.2 Å². The first kappa shape index (κ1) is 25.5. The van der Waals surface area contributed by atoms with E-state index in [1.165, 1.54) is 5.56 Å². The zero-order valence-corrected chi connectivity index (χ0v) is 21.2. The van der Waals surface area contributed by atoms with Crippen molar-refractivity contribution >= 4 is 11.7 Å². The highest BCUT2D eigenvalue weighted by Gasteiger charge is 2.53. The number of fused-ring (bicyclic) bond motifs is 2. The SMILES string of the molecule is COc1cccc2c1OCC[C@]21CNC[C@H]1C(=O)N1CCC(c2ccccc2)CC1CC(C)=O.[Cl-]. The Morgan fingerprint density at radius 1 is 1.17 bits per heavy atom. The Kier molecular flexibility index (Phi) is 7.72. The second-order valence-corrected chi connectivity index (χ2v) is 10.00. The van der Waals surface area contributed by atoms with Crippen LogP contribution in [0.4, 0.5) is 0 Å². The van der Waals surface area contributed by atoms with E-state index in [-0.39, 0.29) is 41.5 Å². The lowest BCUT2D eigenvalue weighted by molar-refractivity contribution is -0.142. The minimum absolute atomic E-state index is 0. The molecule has 2 unspecified atom stereocenters. The fraction of sp³-hybridized carbons (Fsp3) is 0.500. The molecule has 188 valence electrons. The molecule has 0 aliphatic carbocycles. The number of carbonyl (C=O) groups excluding carboxylic acids is 2. The number of halogens is 1. The maximum atomic E-state index is 14.2. The van der Waals surface area contributed by atoms with Crippen LogP contribution in [0.25, 0.3) is 0 Å². The van der Waals surface area contributed by atoms with E-state index in [1.54, 1.807) is 14.0 Å². The van der Waals surface area contributed by atoms with Crippen LogP contribution >= 0.6 is 0 Å². The first-order valence-electron chi connectivity index (χ1n) is 12.4. The Hall–Kier alpha value is -2.57. The van der Waals surface area contributed by atoms with Crippen molar-refractivity contribution in [1.82, 2.24) is 10.2 Å². The van der Waals surface area contributed by atoms with Crippen LogP contribution in [0.1, 0.15) is 49.7 Å². The molecule has 7 heteroatoms. The van der Waals surface area contributed by atoms with Crippen molar-refractivity contribution in [2.75, 3.05) is 33.4 Å². The number of likely N-dealkylation sites (tertiary alicyclic amines) is 1. The lowest BCUT2D eigenvalue weighted by Gasteiger charge is -2.45. The molecule has 0 bridgehead atoms. The summed E-state index contributed by atoms with van der Waals surface area (Å²) in [7, 11) is 1.65. The molecule has 2 aromatic rings. The van der Waals surface area contributed by atoms with Gasteiger partial charge in [-0.3, -0.25) is 9.59 Å². The molecule has 35 heavy (non-hydrogen) atoms. The van der Waals surface area contributed by atoms with E-state index >= 15 is 0 Å². The number of methoxy groups -OCH3 is 1. The average Bonchev–Trinajstić information content (AvgIpc) is 3.27. The van der Waals surface area contributed by atoms with Crippen molar-refractivity contribution in [1.29, 1.82) is 0 Å². The number of para-hydroxylation sites is 1. The summed E-state index contributed by atoms with van der Waals surface area (Å²) in [6.45, 7) is 4.26. The highest BCUT2D eigenvalue weighted by atomic mass is 35.5. The van der Waals surface area contributed by atoms with Crippen molar-refractivity contribution < 1.29 is 31.5 Å². The summed E-state index contributed by atoms with van der Waals surface area (Å²) in [6.07, 6.45) is 2.95. The second-order valence-electron chi connectivity index (χ2n) is 10.00. The van der Waals surface area contributed by atoms with Gasteiger partial charge < -0.3 is 32.1 Å². The summed E-state index contributed by atoms with van der Waals surface area (Å²) in [5, 5.41) is 3.51. The molecule has 1 amide bonds. The monoisotopic (exact) mass is 497 g/mol. The number of benzene rings is 2. The lowest BCUT2D eigenvalue weighted by Crippen LogP contribution is -3.00. The molecule has 0 saturated carbocycles. The van der Waals surface area contributed by atoms with E-state index in [2.05, 4.69) is 35.6 Å². The van der Waals surface area contributed by atoms with Gasteiger partial charge >= 0.3 is 0 Å². The summed E-state index contributed by atoms with van der Waals surface area (Å²) in [5.74, 6) is 1.97. The minimum atomic E-state index is -0.323. The van der Waals surface area contributed by atoms with E-state index in [9.17, 15) is 9.59 Å². The smallest absolute Gasteiger partial charge is 0.228 e. The second kappa shape index (κ2) is 10.6. The van der Waals surface area contributed by atoms with Gasteiger partial charge in [0, 0.05) is 43.1 Å². The molecular formula is C28H34ClN2O4-. The van der Waals surface area contributed by atoms with Crippen LogP contribution in [0.5, 0.6) is 11.5 Å². The molecule has 3 aliphatic rings. The fourth-order valence-electron chi connectivity index (χ4n) is 6.41. The van der Waals surface area contributed by atoms with E-state index in [0.29, 0.717) is 37.8 Å². The van der Waals surface area contributed by atoms with Gasteiger partial charge in [0.15, 0.2) is 11.5 Å². The number of nitrogens with one attached hydrogen (secondary N) is 1. The summed E-state index contributed by atoms with van der Waals surface area (Å²) < 4.78 is 11.6. The van der Waals surface area contributed by atoms with Crippen molar-refractivity contribution in [3.05, 3.63) is 59.7 Å². The molecule has 0 aromatic heterocycles. The number of piperidine rings is 1. The maximum absolute atomic E-state index is 14.2. The third kappa shape index (κ3) is 4.66. The highest BCUT2D eigenvalue weighted by Crippen LogP contribution is 2.50. The number of nitrogens with zero attached hydrogens (tertiary/aromatic N) is 1. The third-order valence-corrected chi connectivity index (χ3v) is 8.08. The van der Waals surface area contributed by atoms with Gasteiger partial charge in [0.2, 0.25) is 5.91 Å². The van der Waals surface area contributed by atoms with Crippen molar-refractivity contribution in [2.45, 2.75) is 50.0 Å². The third-order valence-electron chi connectivity index (χ3n) is 8.08. The van der Waals surface area contributed by atoms with E-state index in [4.69, 9.17) is 9.47 Å². The number of ketones is 1. The van der Waals surface area contributed by atoms with Gasteiger partial charge in [-0.05, 0) is 43.7 Å². The molecule has 4 atom stereocenters. The number of carbonyl (C=O) groups is 2. The van der Waals surface area contributed by atoms with Crippen LogP contribution in [-0.2, 0) is 15.0 Å². The Morgan fingerprint density at radius 3 is 2.71 bits per heavy atom. The number of amides is 1. The van der Waals surface area contributed by atoms with Gasteiger partial charge in [0.05, 0.1) is 19.6 Å².